The number of aromatic nitrogens is 1. The van der Waals surface area contributed by atoms with Crippen molar-refractivity contribution in [3.8, 4) is 0 Å². The maximum absolute atomic E-state index is 12.4. The third-order valence-corrected chi connectivity index (χ3v) is 5.37. The van der Waals surface area contributed by atoms with Crippen LogP contribution in [0.4, 0.5) is 5.69 Å². The minimum Gasteiger partial charge on any atom is -0.350 e. The van der Waals surface area contributed by atoms with E-state index in [1.807, 2.05) is 17.0 Å². The minimum atomic E-state index is -4.18. The van der Waals surface area contributed by atoms with Gasteiger partial charge in [-0.3, -0.25) is 20.3 Å². The Morgan fingerprint density at radius 3 is 2.59 bits per heavy atom. The van der Waals surface area contributed by atoms with Gasteiger partial charge in [-0.05, 0) is 19.1 Å². The fraction of sp³-hybridized carbons (Fsp3) is 0.118. The summed E-state index contributed by atoms with van der Waals surface area (Å²) < 4.78 is 26.5. The quantitative estimate of drug-likeness (QED) is 0.511. The van der Waals surface area contributed by atoms with Crippen LogP contribution >= 0.6 is 0 Å². The number of amides is 1. The van der Waals surface area contributed by atoms with Gasteiger partial charge < -0.3 is 4.57 Å². The van der Waals surface area contributed by atoms with Crippen molar-refractivity contribution in [2.45, 2.75) is 11.8 Å². The zero-order valence-corrected chi connectivity index (χ0v) is 15.3. The highest BCUT2D eigenvalue weighted by Gasteiger charge is 2.21. The second kappa shape index (κ2) is 6.82. The SMILES string of the molecule is Cc1ccc(S(=O)(=O)NNC(=O)c2cn(C)c3ccccc23)cc1[N+](=O)[O-]. The lowest BCUT2D eigenvalue weighted by Crippen LogP contribution is -2.41. The van der Waals surface area contributed by atoms with Crippen molar-refractivity contribution in [3.05, 3.63) is 69.9 Å². The minimum absolute atomic E-state index is 0.297. The molecule has 2 aromatic carbocycles. The van der Waals surface area contributed by atoms with E-state index in [0.29, 0.717) is 16.5 Å². The predicted octanol–water partition coefficient (Wildman–Crippen LogP) is 2.02. The van der Waals surface area contributed by atoms with Crippen LogP contribution in [-0.4, -0.2) is 23.8 Å². The molecule has 3 aromatic rings. The van der Waals surface area contributed by atoms with Crippen LogP contribution in [0.15, 0.2) is 53.6 Å². The highest BCUT2D eigenvalue weighted by molar-refractivity contribution is 7.89. The van der Waals surface area contributed by atoms with Crippen LogP contribution in [0.1, 0.15) is 15.9 Å². The number of rotatable bonds is 5. The Bertz CT molecular complexity index is 1170. The summed E-state index contributed by atoms with van der Waals surface area (Å²) in [5.74, 6) is -0.642. The topological polar surface area (TPSA) is 123 Å². The molecule has 0 atom stereocenters. The number of nitro groups is 1. The van der Waals surface area contributed by atoms with Crippen molar-refractivity contribution < 1.29 is 18.1 Å². The first-order valence-corrected chi connectivity index (χ1v) is 9.30. The molecule has 140 valence electrons. The highest BCUT2D eigenvalue weighted by Crippen LogP contribution is 2.22. The summed E-state index contributed by atoms with van der Waals surface area (Å²) in [5, 5.41) is 11.7. The standard InChI is InChI=1S/C17H16N4O5S/c1-11-7-8-12(9-16(11)21(23)24)27(25,26)19-18-17(22)14-10-20(2)15-6-4-3-5-13(14)15/h3-10,19H,1-2H3,(H,18,22). The average molecular weight is 388 g/mol. The Balaban J connectivity index is 1.84. The predicted molar refractivity (Wildman–Crippen MR) is 98.5 cm³/mol. The third kappa shape index (κ3) is 3.52. The van der Waals surface area contributed by atoms with Gasteiger partial charge in [0.1, 0.15) is 0 Å². The van der Waals surface area contributed by atoms with Crippen LogP contribution in [0, 0.1) is 17.0 Å². The molecule has 9 nitrogen and oxygen atoms in total. The van der Waals surface area contributed by atoms with Gasteiger partial charge in [-0.25, -0.2) is 8.42 Å². The summed E-state index contributed by atoms with van der Waals surface area (Å²) in [4.78, 5) is 24.4. The van der Waals surface area contributed by atoms with Crippen molar-refractivity contribution in [2.24, 2.45) is 7.05 Å². The molecule has 0 aliphatic heterocycles. The number of hydrogen-bond acceptors (Lipinski definition) is 5. The van der Waals surface area contributed by atoms with Crippen molar-refractivity contribution in [1.29, 1.82) is 0 Å². The van der Waals surface area contributed by atoms with Crippen molar-refractivity contribution in [2.75, 3.05) is 0 Å². The molecule has 0 aliphatic carbocycles. The largest absolute Gasteiger partial charge is 0.350 e. The number of fused-ring (bicyclic) bond motifs is 1. The molecule has 0 spiro atoms. The van der Waals surface area contributed by atoms with Gasteiger partial charge in [0.05, 0.1) is 15.4 Å². The summed E-state index contributed by atoms with van der Waals surface area (Å²) in [6.07, 6.45) is 1.59. The Labute approximate surface area is 154 Å². The van der Waals surface area contributed by atoms with Gasteiger partial charge in [-0.2, -0.15) is 0 Å². The number of carbonyl (C=O) groups is 1. The zero-order valence-electron chi connectivity index (χ0n) is 14.5. The summed E-state index contributed by atoms with van der Waals surface area (Å²) >= 11 is 0. The molecule has 0 saturated carbocycles. The van der Waals surface area contributed by atoms with Gasteiger partial charge in [-0.1, -0.05) is 24.3 Å². The Hall–Kier alpha value is -3.24. The first kappa shape index (κ1) is 18.5. The lowest BCUT2D eigenvalue weighted by molar-refractivity contribution is -0.385. The van der Waals surface area contributed by atoms with Gasteiger partial charge >= 0.3 is 0 Å². The Morgan fingerprint density at radius 1 is 1.19 bits per heavy atom. The summed E-state index contributed by atoms with van der Waals surface area (Å²) in [6.45, 7) is 1.50. The lowest BCUT2D eigenvalue weighted by atomic mass is 10.2. The van der Waals surface area contributed by atoms with E-state index in [0.717, 1.165) is 11.6 Å². The van der Waals surface area contributed by atoms with E-state index in [1.165, 1.54) is 19.1 Å². The molecule has 0 saturated heterocycles. The van der Waals surface area contributed by atoms with E-state index >= 15 is 0 Å². The van der Waals surface area contributed by atoms with E-state index in [9.17, 15) is 23.3 Å². The number of hydrazine groups is 1. The van der Waals surface area contributed by atoms with E-state index < -0.39 is 20.9 Å². The second-order valence-corrected chi connectivity index (χ2v) is 7.62. The molecule has 0 fully saturated rings. The van der Waals surface area contributed by atoms with Gasteiger partial charge in [-0.15, -0.1) is 4.83 Å². The van der Waals surface area contributed by atoms with E-state index in [2.05, 4.69) is 5.43 Å². The molecule has 0 unspecified atom stereocenters. The molecule has 10 heteroatoms. The third-order valence-electron chi connectivity index (χ3n) is 4.13. The van der Waals surface area contributed by atoms with Crippen molar-refractivity contribution in [3.63, 3.8) is 0 Å². The molecule has 27 heavy (non-hydrogen) atoms. The van der Waals surface area contributed by atoms with E-state index in [4.69, 9.17) is 0 Å². The number of benzene rings is 2. The molecule has 1 amide bonds. The molecule has 0 aliphatic rings. The highest BCUT2D eigenvalue weighted by atomic mass is 32.2. The van der Waals surface area contributed by atoms with Crippen LogP contribution in [0.25, 0.3) is 10.9 Å². The van der Waals surface area contributed by atoms with Gasteiger partial charge in [0.25, 0.3) is 21.6 Å². The number of hydrogen-bond donors (Lipinski definition) is 2. The Morgan fingerprint density at radius 2 is 1.89 bits per heavy atom. The van der Waals surface area contributed by atoms with Crippen molar-refractivity contribution in [1.82, 2.24) is 14.8 Å². The molecule has 3 rings (SSSR count). The zero-order chi connectivity index (χ0) is 19.8. The normalized spacial score (nSPS) is 11.5. The van der Waals surface area contributed by atoms with Crippen LogP contribution in [0.5, 0.6) is 0 Å². The Kier molecular flexibility index (Phi) is 4.68. The number of aryl methyl sites for hydroxylation is 2. The van der Waals surface area contributed by atoms with Crippen LogP contribution in [-0.2, 0) is 17.1 Å². The molecule has 0 bridgehead atoms. The van der Waals surface area contributed by atoms with Crippen LogP contribution in [0.3, 0.4) is 0 Å². The number of para-hydroxylation sites is 1. The van der Waals surface area contributed by atoms with Gasteiger partial charge in [0, 0.05) is 35.8 Å². The van der Waals surface area contributed by atoms with E-state index in [-0.39, 0.29) is 10.6 Å². The lowest BCUT2D eigenvalue weighted by Gasteiger charge is -2.08. The number of nitrogens with zero attached hydrogens (tertiary/aromatic N) is 2. The number of nitrogens with one attached hydrogen (secondary N) is 2. The molecule has 1 aromatic heterocycles. The van der Waals surface area contributed by atoms with Gasteiger partial charge in [0.15, 0.2) is 0 Å². The summed E-state index contributed by atoms with van der Waals surface area (Å²) in [6, 6.07) is 10.7. The average Bonchev–Trinajstić information content (AvgIpc) is 2.97. The van der Waals surface area contributed by atoms with E-state index in [1.54, 1.807) is 29.9 Å². The number of nitro benzene ring substituents is 1. The molecule has 1 heterocycles. The smallest absolute Gasteiger partial charge is 0.273 e. The fourth-order valence-corrected chi connectivity index (χ4v) is 3.57. The van der Waals surface area contributed by atoms with Crippen molar-refractivity contribution >= 4 is 32.5 Å². The molecule has 0 radical (unpaired) electrons. The maximum atomic E-state index is 12.4. The summed E-state index contributed by atoms with van der Waals surface area (Å²) in [7, 11) is -2.40. The second-order valence-electron chi connectivity index (χ2n) is 5.94. The molecule has 2 N–H and O–H groups in total. The van der Waals surface area contributed by atoms with Crippen LogP contribution < -0.4 is 10.3 Å². The maximum Gasteiger partial charge on any atom is 0.273 e. The van der Waals surface area contributed by atoms with Gasteiger partial charge in [0.2, 0.25) is 0 Å². The first-order valence-electron chi connectivity index (χ1n) is 7.82. The fourth-order valence-electron chi connectivity index (χ4n) is 2.72. The molecular formula is C17H16N4O5S. The molecular weight excluding hydrogens is 372 g/mol. The number of carbonyl (C=O) groups excluding carboxylic acids is 1. The first-order chi connectivity index (χ1) is 12.7. The monoisotopic (exact) mass is 388 g/mol. The summed E-state index contributed by atoms with van der Waals surface area (Å²) in [5.41, 5.74) is 3.27. The van der Waals surface area contributed by atoms with Crippen LogP contribution in [0.2, 0.25) is 0 Å². The number of sulfonamides is 1.